The van der Waals surface area contributed by atoms with E-state index >= 15 is 0 Å². The number of ketones is 4. The van der Waals surface area contributed by atoms with Gasteiger partial charge in [-0.25, -0.2) is 4.79 Å². The lowest BCUT2D eigenvalue weighted by Gasteiger charge is -2.21. The predicted molar refractivity (Wildman–Crippen MR) is 307 cm³/mol. The fraction of sp³-hybridized carbons (Fsp3) is 0.467. The van der Waals surface area contributed by atoms with Gasteiger partial charge < -0.3 is 68.7 Å². The van der Waals surface area contributed by atoms with E-state index in [4.69, 9.17) is 47.6 Å². The summed E-state index contributed by atoms with van der Waals surface area (Å²) in [6, 6.07) is 14.9. The molecule has 4 atom stereocenters. The van der Waals surface area contributed by atoms with E-state index in [0.29, 0.717) is 99.8 Å². The van der Waals surface area contributed by atoms with E-state index in [1.807, 2.05) is 0 Å². The van der Waals surface area contributed by atoms with Crippen molar-refractivity contribution in [2.75, 3.05) is 54.6 Å². The molecule has 0 saturated heterocycles. The SMILES string of the molecule is COc1ccc(CC(=O)[C@H](CCCCN)NC(=O)c2cc(CC(=O)[C@H](CCCCN)NC(=O)c3cc(CC(=O)[C@H](CCCCN)NC(=O)c4cc(CC(=O)[C@@H](N)CCCCN)ccc4OC)ccc3OC)ccc2OC)cc1C(=O)O. The van der Waals surface area contributed by atoms with Gasteiger partial charge in [0.1, 0.15) is 28.6 Å². The summed E-state index contributed by atoms with van der Waals surface area (Å²) in [7, 11) is 5.51. The number of hydrogen-bond donors (Lipinski definition) is 9. The monoisotopic (exact) mass is 1120 g/mol. The van der Waals surface area contributed by atoms with Crippen LogP contribution in [0.1, 0.15) is 141 Å². The van der Waals surface area contributed by atoms with Crippen LogP contribution in [-0.2, 0) is 44.9 Å². The van der Waals surface area contributed by atoms with E-state index in [9.17, 15) is 43.5 Å². The number of amides is 3. The second-order valence-corrected chi connectivity index (χ2v) is 19.8. The third-order valence-electron chi connectivity index (χ3n) is 13.8. The molecule has 0 aliphatic rings. The fourth-order valence-electron chi connectivity index (χ4n) is 9.26. The minimum Gasteiger partial charge on any atom is -0.496 e. The molecule has 0 aromatic heterocycles. The second-order valence-electron chi connectivity index (χ2n) is 19.8. The Kier molecular flexibility index (Phi) is 28.1. The predicted octanol–water partition coefficient (Wildman–Crippen LogP) is 4.10. The molecule has 3 amide bonds. The van der Waals surface area contributed by atoms with Crippen molar-refractivity contribution in [3.63, 3.8) is 0 Å². The Hall–Kier alpha value is -7.56. The summed E-state index contributed by atoms with van der Waals surface area (Å²) in [5.74, 6) is -3.71. The summed E-state index contributed by atoms with van der Waals surface area (Å²) in [6.45, 7) is 1.57. The Bertz CT molecular complexity index is 2790. The number of carboxylic acids is 1. The number of hydrogen-bond acceptors (Lipinski definition) is 17. The number of carboxylic acid groups (broad SMARTS) is 1. The lowest BCUT2D eigenvalue weighted by atomic mass is 9.95. The van der Waals surface area contributed by atoms with E-state index in [1.54, 1.807) is 42.5 Å². The first-order valence-electron chi connectivity index (χ1n) is 27.5. The van der Waals surface area contributed by atoms with Crippen molar-refractivity contribution in [3.8, 4) is 23.0 Å². The zero-order valence-corrected chi connectivity index (χ0v) is 47.1. The molecule has 21 nitrogen and oxygen atoms in total. The van der Waals surface area contributed by atoms with E-state index in [-0.39, 0.29) is 113 Å². The van der Waals surface area contributed by atoms with E-state index < -0.39 is 47.9 Å². The minimum absolute atomic E-state index is 0.00834. The number of unbranched alkanes of at least 4 members (excludes halogenated alkanes) is 4. The van der Waals surface area contributed by atoms with Crippen LogP contribution in [0.5, 0.6) is 23.0 Å². The Labute approximate surface area is 474 Å². The van der Waals surface area contributed by atoms with Crippen LogP contribution in [0.3, 0.4) is 0 Å². The molecular weight excluding hydrogens is 1040 g/mol. The third-order valence-corrected chi connectivity index (χ3v) is 13.8. The van der Waals surface area contributed by atoms with Gasteiger partial charge >= 0.3 is 5.97 Å². The zero-order valence-electron chi connectivity index (χ0n) is 47.1. The van der Waals surface area contributed by atoms with Gasteiger partial charge in [0.15, 0.2) is 23.1 Å². The fourth-order valence-corrected chi connectivity index (χ4v) is 9.26. The standard InChI is InChI=1S/C60H82N8O13/c1-78-53-21-17-37(33-49(69)45(65)13-5-9-25-61)29-41(53)57(73)66-46(14-6-10-26-62)50(70)34-38-18-22-54(79-2)42(30-38)58(74)67-47(15-7-11-27-63)51(71)35-39-19-23-55(80-3)43(31-39)59(75)68-48(16-8-12-28-64)52(72)36-40-20-24-56(81-4)44(32-40)60(76)77/h17-24,29-32,45-48H,5-16,25-28,33-36,61-65H2,1-4H3,(H,66,73)(H,67,74)(H,68,75)(H,76,77)/t45-,46-,47-,48-/m0/s1. The van der Waals surface area contributed by atoms with Crippen LogP contribution in [0, 0.1) is 0 Å². The quantitative estimate of drug-likeness (QED) is 0.0284. The molecule has 4 aromatic carbocycles. The molecule has 0 saturated carbocycles. The number of rotatable bonds is 39. The Balaban J connectivity index is 1.55. The van der Waals surface area contributed by atoms with Crippen molar-refractivity contribution in [1.29, 1.82) is 0 Å². The average molecular weight is 1120 g/mol. The molecular formula is C60H82N8O13. The molecule has 0 aliphatic carbocycles. The minimum atomic E-state index is -1.23. The Morgan fingerprint density at radius 2 is 0.654 bits per heavy atom. The van der Waals surface area contributed by atoms with Gasteiger partial charge in [0.2, 0.25) is 0 Å². The third kappa shape index (κ3) is 20.5. The van der Waals surface area contributed by atoms with Crippen molar-refractivity contribution in [2.45, 2.75) is 127 Å². The number of aromatic carboxylic acids is 1. The first-order valence-corrected chi connectivity index (χ1v) is 27.5. The number of nitrogens with one attached hydrogen (secondary N) is 3. The van der Waals surface area contributed by atoms with Gasteiger partial charge in [0.05, 0.1) is 69.3 Å². The van der Waals surface area contributed by atoms with Crippen molar-refractivity contribution in [3.05, 3.63) is 117 Å². The molecule has 0 spiro atoms. The van der Waals surface area contributed by atoms with Gasteiger partial charge in [-0.1, -0.05) is 30.7 Å². The average Bonchev–Trinajstić information content (AvgIpc) is 3.48. The molecule has 4 rings (SSSR count). The molecule has 0 radical (unpaired) electrons. The molecule has 14 N–H and O–H groups in total. The molecule has 0 unspecified atom stereocenters. The van der Waals surface area contributed by atoms with Crippen molar-refractivity contribution >= 4 is 46.8 Å². The van der Waals surface area contributed by atoms with Gasteiger partial charge in [-0.15, -0.1) is 0 Å². The van der Waals surface area contributed by atoms with E-state index in [2.05, 4.69) is 16.0 Å². The number of carbonyl (C=O) groups excluding carboxylic acids is 7. The van der Waals surface area contributed by atoms with Crippen LogP contribution in [0.25, 0.3) is 0 Å². The van der Waals surface area contributed by atoms with Crippen LogP contribution < -0.4 is 63.6 Å². The van der Waals surface area contributed by atoms with Gasteiger partial charge in [-0.2, -0.15) is 0 Å². The maximum absolute atomic E-state index is 14.3. The number of ether oxygens (including phenoxy) is 4. The van der Waals surface area contributed by atoms with Crippen molar-refractivity contribution < 1.29 is 62.4 Å². The molecule has 21 heteroatoms. The smallest absolute Gasteiger partial charge is 0.339 e. The molecule has 81 heavy (non-hydrogen) atoms. The van der Waals surface area contributed by atoms with Crippen LogP contribution >= 0.6 is 0 Å². The molecule has 0 heterocycles. The molecule has 0 bridgehead atoms. The van der Waals surface area contributed by atoms with Gasteiger partial charge in [0.25, 0.3) is 17.7 Å². The summed E-state index contributed by atoms with van der Waals surface area (Å²) in [4.78, 5) is 110. The van der Waals surface area contributed by atoms with Crippen LogP contribution in [0.2, 0.25) is 0 Å². The highest BCUT2D eigenvalue weighted by Gasteiger charge is 2.29. The topological polar surface area (TPSA) is 360 Å². The maximum atomic E-state index is 14.3. The van der Waals surface area contributed by atoms with E-state index in [1.165, 1.54) is 58.8 Å². The molecule has 0 fully saturated rings. The number of methoxy groups -OCH3 is 4. The van der Waals surface area contributed by atoms with Gasteiger partial charge in [0, 0.05) is 25.7 Å². The van der Waals surface area contributed by atoms with Crippen LogP contribution in [0.15, 0.2) is 72.8 Å². The maximum Gasteiger partial charge on any atom is 0.339 e. The van der Waals surface area contributed by atoms with Crippen LogP contribution in [-0.4, -0.2) is 131 Å². The first-order chi connectivity index (χ1) is 38.9. The van der Waals surface area contributed by atoms with Crippen molar-refractivity contribution in [1.82, 2.24) is 16.0 Å². The molecule has 440 valence electrons. The highest BCUT2D eigenvalue weighted by atomic mass is 16.5. The highest BCUT2D eigenvalue weighted by Crippen LogP contribution is 2.26. The highest BCUT2D eigenvalue weighted by molar-refractivity contribution is 6.03. The summed E-state index contributed by atoms with van der Waals surface area (Å²) in [6.07, 6.45) is 5.31. The Morgan fingerprint density at radius 1 is 0.395 bits per heavy atom. The summed E-state index contributed by atoms with van der Waals surface area (Å²) < 4.78 is 21.8. The molecule has 0 aliphatic heterocycles. The summed E-state index contributed by atoms with van der Waals surface area (Å²) in [5, 5.41) is 18.3. The van der Waals surface area contributed by atoms with Gasteiger partial charge in [-0.3, -0.25) is 33.6 Å². The largest absolute Gasteiger partial charge is 0.496 e. The molecule has 4 aromatic rings. The number of nitrogens with two attached hydrogens (primary N) is 5. The first kappa shape index (κ1) is 66.0. The summed E-state index contributed by atoms with van der Waals surface area (Å²) in [5.41, 5.74) is 31.0. The van der Waals surface area contributed by atoms with Crippen molar-refractivity contribution in [2.24, 2.45) is 28.7 Å². The number of benzene rings is 4. The summed E-state index contributed by atoms with van der Waals surface area (Å²) >= 11 is 0. The van der Waals surface area contributed by atoms with E-state index in [0.717, 1.165) is 6.42 Å². The lowest BCUT2D eigenvalue weighted by molar-refractivity contribution is -0.121. The Morgan fingerprint density at radius 3 is 0.926 bits per heavy atom. The number of Topliss-reactive ketones (excluding diaryl/α,β-unsaturated/α-hetero) is 4. The van der Waals surface area contributed by atoms with Crippen LogP contribution in [0.4, 0.5) is 0 Å². The number of carbonyl (C=O) groups is 8. The lowest BCUT2D eigenvalue weighted by Crippen LogP contribution is -2.42. The zero-order chi connectivity index (χ0) is 59.4. The van der Waals surface area contributed by atoms with Gasteiger partial charge in [-0.05, 0) is 168 Å². The second kappa shape index (κ2) is 34.6. The normalized spacial score (nSPS) is 12.5.